The summed E-state index contributed by atoms with van der Waals surface area (Å²) in [6.45, 7) is 0.473. The van der Waals surface area contributed by atoms with Crippen molar-refractivity contribution in [2.75, 3.05) is 30.2 Å². The number of nitrogens with one attached hydrogen (secondary N) is 3. The fourth-order valence-corrected chi connectivity index (χ4v) is 3.80. The first kappa shape index (κ1) is 23.4. The Morgan fingerprint density at radius 1 is 0.941 bits per heavy atom. The third-order valence-corrected chi connectivity index (χ3v) is 5.51. The van der Waals surface area contributed by atoms with E-state index in [0.29, 0.717) is 45.3 Å². The third-order valence-electron chi connectivity index (χ3n) is 4.96. The predicted molar refractivity (Wildman–Crippen MR) is 136 cm³/mol. The summed E-state index contributed by atoms with van der Waals surface area (Å²) in [5.74, 6) is 1.84. The highest BCUT2D eigenvalue weighted by Crippen LogP contribution is 2.33. The van der Waals surface area contributed by atoms with Crippen LogP contribution in [0.15, 0.2) is 60.9 Å². The predicted octanol–water partition coefficient (Wildman–Crippen LogP) is 6.21. The van der Waals surface area contributed by atoms with E-state index in [4.69, 9.17) is 32.7 Å². The van der Waals surface area contributed by atoms with Gasteiger partial charge in [-0.05, 0) is 42.0 Å². The van der Waals surface area contributed by atoms with Crippen LogP contribution in [0.4, 0.5) is 22.0 Å². The minimum atomic E-state index is -0.419. The molecule has 34 heavy (non-hydrogen) atoms. The second-order valence-electron chi connectivity index (χ2n) is 7.20. The van der Waals surface area contributed by atoms with Gasteiger partial charge in [-0.2, -0.15) is 0 Å². The number of methoxy groups -OCH3 is 2. The molecular formula is C24H21Cl2N5O3. The summed E-state index contributed by atoms with van der Waals surface area (Å²) in [5, 5.41) is 10.5. The molecule has 0 saturated carbocycles. The van der Waals surface area contributed by atoms with Crippen LogP contribution in [0.3, 0.4) is 0 Å². The topological polar surface area (TPSA) is 97.4 Å². The summed E-state index contributed by atoms with van der Waals surface area (Å²) in [7, 11) is 3.16. The summed E-state index contributed by atoms with van der Waals surface area (Å²) in [4.78, 5) is 21.1. The Kier molecular flexibility index (Phi) is 7.20. The number of fused-ring (bicyclic) bond motifs is 1. The van der Waals surface area contributed by atoms with Crippen molar-refractivity contribution in [1.29, 1.82) is 0 Å². The molecule has 0 atom stereocenters. The van der Waals surface area contributed by atoms with Crippen molar-refractivity contribution in [3.8, 4) is 11.5 Å². The van der Waals surface area contributed by atoms with E-state index in [1.54, 1.807) is 44.6 Å². The molecule has 8 nitrogen and oxygen atoms in total. The Balaban J connectivity index is 1.45. The molecule has 0 fully saturated rings. The van der Waals surface area contributed by atoms with E-state index in [2.05, 4.69) is 25.9 Å². The number of rotatable bonds is 7. The lowest BCUT2D eigenvalue weighted by Gasteiger charge is -2.13. The van der Waals surface area contributed by atoms with Crippen LogP contribution < -0.4 is 25.4 Å². The Bertz CT molecular complexity index is 1350. The monoisotopic (exact) mass is 497 g/mol. The maximum absolute atomic E-state index is 12.4. The Hall–Kier alpha value is -3.75. The van der Waals surface area contributed by atoms with Gasteiger partial charge in [0, 0.05) is 28.7 Å². The van der Waals surface area contributed by atoms with Gasteiger partial charge in [-0.15, -0.1) is 0 Å². The van der Waals surface area contributed by atoms with E-state index in [-0.39, 0.29) is 0 Å². The number of carbonyl (C=O) groups is 1. The summed E-state index contributed by atoms with van der Waals surface area (Å²) in [6.07, 6.45) is 1.49. The van der Waals surface area contributed by atoms with Crippen LogP contribution in [0.2, 0.25) is 10.0 Å². The van der Waals surface area contributed by atoms with Crippen LogP contribution in [0, 0.1) is 0 Å². The molecule has 0 aliphatic rings. The third kappa shape index (κ3) is 5.41. The lowest BCUT2D eigenvalue weighted by Crippen LogP contribution is -2.19. The van der Waals surface area contributed by atoms with Crippen molar-refractivity contribution in [2.24, 2.45) is 0 Å². The average Bonchev–Trinajstić information content (AvgIpc) is 2.83. The highest BCUT2D eigenvalue weighted by molar-refractivity contribution is 6.36. The molecule has 4 aromatic rings. The highest BCUT2D eigenvalue weighted by Gasteiger charge is 2.11. The smallest absolute Gasteiger partial charge is 0.323 e. The minimum absolute atomic E-state index is 0.354. The summed E-state index contributed by atoms with van der Waals surface area (Å²) < 4.78 is 10.8. The number of urea groups is 1. The molecule has 3 aromatic carbocycles. The SMILES string of the molecule is COc1cc2ncnc(NCc3cccc(NC(=O)Nc4ccc(Cl)cc4Cl)c3)c2cc1OC. The minimum Gasteiger partial charge on any atom is -0.493 e. The number of amides is 2. The Morgan fingerprint density at radius 3 is 2.50 bits per heavy atom. The zero-order chi connectivity index (χ0) is 24.1. The molecule has 0 unspecified atom stereocenters. The lowest BCUT2D eigenvalue weighted by atomic mass is 10.1. The first-order valence-corrected chi connectivity index (χ1v) is 10.9. The molecule has 2 amide bonds. The molecular weight excluding hydrogens is 477 g/mol. The van der Waals surface area contributed by atoms with Crippen molar-refractivity contribution >= 4 is 57.3 Å². The van der Waals surface area contributed by atoms with Gasteiger partial charge in [0.05, 0.1) is 30.4 Å². The van der Waals surface area contributed by atoms with Crippen molar-refractivity contribution in [2.45, 2.75) is 6.54 Å². The molecule has 174 valence electrons. The zero-order valence-corrected chi connectivity index (χ0v) is 19.9. The van der Waals surface area contributed by atoms with Crippen LogP contribution in [-0.2, 0) is 6.54 Å². The van der Waals surface area contributed by atoms with Gasteiger partial charge in [-0.1, -0.05) is 35.3 Å². The van der Waals surface area contributed by atoms with Crippen molar-refractivity contribution in [3.05, 3.63) is 76.5 Å². The van der Waals surface area contributed by atoms with Gasteiger partial charge in [0.1, 0.15) is 12.1 Å². The van der Waals surface area contributed by atoms with Gasteiger partial charge < -0.3 is 25.4 Å². The van der Waals surface area contributed by atoms with Crippen molar-refractivity contribution in [1.82, 2.24) is 9.97 Å². The van der Waals surface area contributed by atoms with Gasteiger partial charge in [0.25, 0.3) is 0 Å². The normalized spacial score (nSPS) is 10.6. The van der Waals surface area contributed by atoms with Crippen LogP contribution in [-0.4, -0.2) is 30.2 Å². The zero-order valence-electron chi connectivity index (χ0n) is 18.4. The number of benzene rings is 3. The van der Waals surface area contributed by atoms with Crippen LogP contribution in [0.1, 0.15) is 5.56 Å². The van der Waals surface area contributed by atoms with Gasteiger partial charge in [-0.25, -0.2) is 14.8 Å². The first-order valence-electron chi connectivity index (χ1n) is 10.2. The second kappa shape index (κ2) is 10.5. The lowest BCUT2D eigenvalue weighted by molar-refractivity contribution is 0.262. The molecule has 4 rings (SSSR count). The van der Waals surface area contributed by atoms with Crippen LogP contribution in [0.5, 0.6) is 11.5 Å². The van der Waals surface area contributed by atoms with Crippen molar-refractivity contribution < 1.29 is 14.3 Å². The van der Waals surface area contributed by atoms with Gasteiger partial charge >= 0.3 is 6.03 Å². The van der Waals surface area contributed by atoms with E-state index in [0.717, 1.165) is 16.5 Å². The molecule has 0 spiro atoms. The maximum atomic E-state index is 12.4. The summed E-state index contributed by atoms with van der Waals surface area (Å²) in [5.41, 5.74) is 2.75. The fraction of sp³-hybridized carbons (Fsp3) is 0.125. The highest BCUT2D eigenvalue weighted by atomic mass is 35.5. The first-order chi connectivity index (χ1) is 16.5. The quantitative estimate of drug-likeness (QED) is 0.280. The number of hydrogen-bond acceptors (Lipinski definition) is 6. The summed E-state index contributed by atoms with van der Waals surface area (Å²) in [6, 6.07) is 15.5. The molecule has 0 aliphatic heterocycles. The second-order valence-corrected chi connectivity index (χ2v) is 8.05. The Labute approximate surface area is 206 Å². The number of anilines is 3. The molecule has 1 aromatic heterocycles. The number of nitrogens with zero attached hydrogens (tertiary/aromatic N) is 2. The average molecular weight is 498 g/mol. The molecule has 1 heterocycles. The summed E-state index contributed by atoms with van der Waals surface area (Å²) >= 11 is 12.0. The largest absolute Gasteiger partial charge is 0.493 e. The molecule has 3 N–H and O–H groups in total. The number of hydrogen-bond donors (Lipinski definition) is 3. The number of halogens is 2. The fourth-order valence-electron chi connectivity index (χ4n) is 3.34. The Morgan fingerprint density at radius 2 is 1.74 bits per heavy atom. The number of carbonyl (C=O) groups excluding carboxylic acids is 1. The molecule has 0 aliphatic carbocycles. The van der Waals surface area contributed by atoms with E-state index in [1.165, 1.54) is 6.33 Å². The molecule has 0 bridgehead atoms. The standard InChI is InChI=1S/C24H21Cl2N5O3/c1-33-21-10-17-20(11-22(21)34-2)28-13-29-23(17)27-12-14-4-3-5-16(8-14)30-24(32)31-19-7-6-15(25)9-18(19)26/h3-11,13H,12H2,1-2H3,(H,27,28,29)(H2,30,31,32). The molecule has 10 heteroatoms. The van der Waals surface area contributed by atoms with Gasteiger partial charge in [0.15, 0.2) is 11.5 Å². The van der Waals surface area contributed by atoms with E-state index < -0.39 is 6.03 Å². The molecule has 0 radical (unpaired) electrons. The van der Waals surface area contributed by atoms with E-state index in [9.17, 15) is 4.79 Å². The number of ether oxygens (including phenoxy) is 2. The maximum Gasteiger partial charge on any atom is 0.323 e. The number of aromatic nitrogens is 2. The van der Waals surface area contributed by atoms with E-state index >= 15 is 0 Å². The van der Waals surface area contributed by atoms with Gasteiger partial charge in [-0.3, -0.25) is 0 Å². The van der Waals surface area contributed by atoms with Gasteiger partial charge in [0.2, 0.25) is 0 Å². The van der Waals surface area contributed by atoms with Crippen molar-refractivity contribution in [3.63, 3.8) is 0 Å². The molecule has 0 saturated heterocycles. The van der Waals surface area contributed by atoms with E-state index in [1.807, 2.05) is 24.3 Å². The van der Waals surface area contributed by atoms with Crippen LogP contribution in [0.25, 0.3) is 10.9 Å². The van der Waals surface area contributed by atoms with Crippen LogP contribution >= 0.6 is 23.2 Å².